The van der Waals surface area contributed by atoms with Crippen molar-refractivity contribution < 1.29 is 9.53 Å². The molecule has 0 amide bonds. The Hall–Kier alpha value is -1.41. The van der Waals surface area contributed by atoms with Gasteiger partial charge in [-0.25, -0.2) is 0 Å². The Kier molecular flexibility index (Phi) is 4.78. The van der Waals surface area contributed by atoms with E-state index >= 15 is 0 Å². The first kappa shape index (κ1) is 11.7. The number of hydrogen-bond donors (Lipinski definition) is 0. The molecule has 80 valence electrons. The molecule has 0 aromatic heterocycles. The van der Waals surface area contributed by atoms with E-state index in [4.69, 9.17) is 4.74 Å². The van der Waals surface area contributed by atoms with Crippen LogP contribution in [0.2, 0.25) is 0 Å². The number of hydrogen-bond acceptors (Lipinski definition) is 2. The Morgan fingerprint density at radius 2 is 2.07 bits per heavy atom. The first-order valence-electron chi connectivity index (χ1n) is 5.06. The molecule has 0 N–H and O–H groups in total. The van der Waals surface area contributed by atoms with Crippen LogP contribution in [0.25, 0.3) is 0 Å². The van der Waals surface area contributed by atoms with Crippen LogP contribution in [-0.2, 0) is 16.1 Å². The molecule has 0 fully saturated rings. The third-order valence-corrected chi connectivity index (χ3v) is 2.07. The van der Waals surface area contributed by atoms with Crippen molar-refractivity contribution in [2.24, 2.45) is 0 Å². The molecule has 0 aliphatic heterocycles. The lowest BCUT2D eigenvalue weighted by Gasteiger charge is -2.09. The number of benzene rings is 1. The van der Waals surface area contributed by atoms with E-state index in [1.165, 1.54) is 6.08 Å². The maximum absolute atomic E-state index is 11.4. The standard InChI is InChI=1S/C13H16O2/c1-3-7-13(14)11(2)15-10-12-8-5-4-6-9-12/h3-9,11H,10H2,1-2H3/b7-3+/t11-/m0/s1. The number of carbonyl (C=O) groups is 1. The van der Waals surface area contributed by atoms with E-state index in [-0.39, 0.29) is 11.9 Å². The van der Waals surface area contributed by atoms with Gasteiger partial charge in [0.05, 0.1) is 6.61 Å². The van der Waals surface area contributed by atoms with Gasteiger partial charge in [-0.3, -0.25) is 4.79 Å². The number of ketones is 1. The topological polar surface area (TPSA) is 26.3 Å². The van der Waals surface area contributed by atoms with Crippen molar-refractivity contribution in [3.05, 3.63) is 48.0 Å². The summed E-state index contributed by atoms with van der Waals surface area (Å²) in [6.07, 6.45) is 2.89. The number of rotatable bonds is 5. The minimum Gasteiger partial charge on any atom is -0.366 e. The van der Waals surface area contributed by atoms with Gasteiger partial charge in [0, 0.05) is 0 Å². The summed E-state index contributed by atoms with van der Waals surface area (Å²) in [5.74, 6) is 0.00781. The number of carbonyl (C=O) groups excluding carboxylic acids is 1. The second kappa shape index (κ2) is 6.14. The highest BCUT2D eigenvalue weighted by Gasteiger charge is 2.09. The number of allylic oxidation sites excluding steroid dienone is 1. The molecule has 0 spiro atoms. The monoisotopic (exact) mass is 204 g/mol. The van der Waals surface area contributed by atoms with Crippen LogP contribution in [0.4, 0.5) is 0 Å². The van der Waals surface area contributed by atoms with Crippen LogP contribution < -0.4 is 0 Å². The maximum atomic E-state index is 11.4. The molecule has 0 heterocycles. The quantitative estimate of drug-likeness (QED) is 0.689. The van der Waals surface area contributed by atoms with Crippen LogP contribution in [-0.4, -0.2) is 11.9 Å². The third kappa shape index (κ3) is 4.09. The Bertz CT molecular complexity index is 328. The van der Waals surface area contributed by atoms with E-state index in [0.29, 0.717) is 6.61 Å². The normalized spacial score (nSPS) is 12.9. The molecule has 0 bridgehead atoms. The molecule has 0 saturated carbocycles. The van der Waals surface area contributed by atoms with Gasteiger partial charge in [-0.05, 0) is 25.5 Å². The summed E-state index contributed by atoms with van der Waals surface area (Å²) < 4.78 is 5.44. The van der Waals surface area contributed by atoms with Gasteiger partial charge in [-0.1, -0.05) is 36.4 Å². The summed E-state index contributed by atoms with van der Waals surface area (Å²) in [6, 6.07) is 9.83. The van der Waals surface area contributed by atoms with Crippen LogP contribution in [0, 0.1) is 0 Å². The predicted molar refractivity (Wildman–Crippen MR) is 60.5 cm³/mol. The van der Waals surface area contributed by atoms with Crippen molar-refractivity contribution >= 4 is 5.78 Å². The molecule has 1 atom stereocenters. The fourth-order valence-electron chi connectivity index (χ4n) is 1.18. The smallest absolute Gasteiger partial charge is 0.183 e. The van der Waals surface area contributed by atoms with E-state index in [1.807, 2.05) is 37.3 Å². The molecule has 15 heavy (non-hydrogen) atoms. The fraction of sp³-hybridized carbons (Fsp3) is 0.308. The van der Waals surface area contributed by atoms with Crippen LogP contribution in [0.15, 0.2) is 42.5 Å². The first-order chi connectivity index (χ1) is 7.24. The average molecular weight is 204 g/mol. The largest absolute Gasteiger partial charge is 0.366 e. The van der Waals surface area contributed by atoms with Crippen LogP contribution in [0.1, 0.15) is 19.4 Å². The Labute approximate surface area is 90.6 Å². The molecule has 0 radical (unpaired) electrons. The predicted octanol–water partition coefficient (Wildman–Crippen LogP) is 2.74. The van der Waals surface area contributed by atoms with E-state index in [0.717, 1.165) is 5.56 Å². The molecule has 0 unspecified atom stereocenters. The molecule has 1 aromatic rings. The molecule has 0 saturated heterocycles. The third-order valence-electron chi connectivity index (χ3n) is 2.07. The van der Waals surface area contributed by atoms with Crippen molar-refractivity contribution in [3.8, 4) is 0 Å². The molecule has 0 aliphatic rings. The van der Waals surface area contributed by atoms with Gasteiger partial charge in [-0.15, -0.1) is 0 Å². The van der Waals surface area contributed by atoms with Gasteiger partial charge in [0.1, 0.15) is 6.10 Å². The van der Waals surface area contributed by atoms with Crippen LogP contribution >= 0.6 is 0 Å². The lowest BCUT2D eigenvalue weighted by Crippen LogP contribution is -2.18. The summed E-state index contributed by atoms with van der Waals surface area (Å²) in [5.41, 5.74) is 1.08. The van der Waals surface area contributed by atoms with Crippen molar-refractivity contribution in [1.29, 1.82) is 0 Å². The first-order valence-corrected chi connectivity index (χ1v) is 5.06. The second-order valence-electron chi connectivity index (χ2n) is 3.34. The van der Waals surface area contributed by atoms with Gasteiger partial charge in [0.15, 0.2) is 5.78 Å². The summed E-state index contributed by atoms with van der Waals surface area (Å²) in [5, 5.41) is 0. The van der Waals surface area contributed by atoms with E-state index in [9.17, 15) is 4.79 Å². The number of ether oxygens (including phenoxy) is 1. The Balaban J connectivity index is 2.41. The second-order valence-corrected chi connectivity index (χ2v) is 3.34. The van der Waals surface area contributed by atoms with Gasteiger partial charge >= 0.3 is 0 Å². The minimum atomic E-state index is -0.374. The molecule has 2 nitrogen and oxygen atoms in total. The van der Waals surface area contributed by atoms with E-state index in [2.05, 4.69) is 0 Å². The molecule has 1 rings (SSSR count). The molecular weight excluding hydrogens is 188 g/mol. The molecule has 1 aromatic carbocycles. The van der Waals surface area contributed by atoms with E-state index < -0.39 is 0 Å². The van der Waals surface area contributed by atoms with Crippen LogP contribution in [0.5, 0.6) is 0 Å². The van der Waals surface area contributed by atoms with Crippen molar-refractivity contribution in [3.63, 3.8) is 0 Å². The zero-order valence-electron chi connectivity index (χ0n) is 9.14. The van der Waals surface area contributed by atoms with Gasteiger partial charge in [0.2, 0.25) is 0 Å². The summed E-state index contributed by atoms with van der Waals surface area (Å²) in [4.78, 5) is 11.4. The van der Waals surface area contributed by atoms with Gasteiger partial charge in [-0.2, -0.15) is 0 Å². The molecule has 0 aliphatic carbocycles. The van der Waals surface area contributed by atoms with Gasteiger partial charge < -0.3 is 4.74 Å². The Morgan fingerprint density at radius 1 is 1.40 bits per heavy atom. The summed E-state index contributed by atoms with van der Waals surface area (Å²) >= 11 is 0. The maximum Gasteiger partial charge on any atom is 0.183 e. The van der Waals surface area contributed by atoms with Crippen molar-refractivity contribution in [2.75, 3.05) is 0 Å². The van der Waals surface area contributed by atoms with Crippen molar-refractivity contribution in [1.82, 2.24) is 0 Å². The fourth-order valence-corrected chi connectivity index (χ4v) is 1.18. The highest BCUT2D eigenvalue weighted by molar-refractivity contribution is 5.93. The lowest BCUT2D eigenvalue weighted by atomic mass is 10.2. The average Bonchev–Trinajstić information content (AvgIpc) is 2.27. The SMILES string of the molecule is C/C=C/C(=O)[C@H](C)OCc1ccccc1. The van der Waals surface area contributed by atoms with E-state index in [1.54, 1.807) is 13.0 Å². The summed E-state index contributed by atoms with van der Waals surface area (Å²) in [6.45, 7) is 4.07. The lowest BCUT2D eigenvalue weighted by molar-refractivity contribution is -0.125. The zero-order chi connectivity index (χ0) is 11.1. The highest BCUT2D eigenvalue weighted by atomic mass is 16.5. The minimum absolute atomic E-state index is 0.00781. The molecular formula is C13H16O2. The highest BCUT2D eigenvalue weighted by Crippen LogP contribution is 2.04. The Morgan fingerprint density at radius 3 is 2.67 bits per heavy atom. The summed E-state index contributed by atoms with van der Waals surface area (Å²) in [7, 11) is 0. The van der Waals surface area contributed by atoms with Crippen molar-refractivity contribution in [2.45, 2.75) is 26.6 Å². The zero-order valence-corrected chi connectivity index (χ0v) is 9.14. The molecule has 2 heteroatoms. The van der Waals surface area contributed by atoms with Gasteiger partial charge in [0.25, 0.3) is 0 Å². The van der Waals surface area contributed by atoms with Crippen LogP contribution in [0.3, 0.4) is 0 Å².